The van der Waals surface area contributed by atoms with E-state index in [1.54, 1.807) is 32.7 Å². The average Bonchev–Trinajstić information content (AvgIpc) is 3.29. The first kappa shape index (κ1) is 20.3. The number of hydrogen-bond donors (Lipinski definition) is 0. The van der Waals surface area contributed by atoms with E-state index >= 15 is 0 Å². The van der Waals surface area contributed by atoms with Gasteiger partial charge >= 0.3 is 0 Å². The zero-order valence-corrected chi connectivity index (χ0v) is 17.5. The molecule has 0 atom stereocenters. The van der Waals surface area contributed by atoms with Crippen LogP contribution in [0.5, 0.6) is 0 Å². The highest BCUT2D eigenvalue weighted by molar-refractivity contribution is 7.86. The smallest absolute Gasteiger partial charge is 0.282 e. The number of aromatic nitrogens is 2. The van der Waals surface area contributed by atoms with Crippen molar-refractivity contribution in [2.45, 2.75) is 19.4 Å². The van der Waals surface area contributed by atoms with Gasteiger partial charge in [0.15, 0.2) is 0 Å². The van der Waals surface area contributed by atoms with E-state index in [0.717, 1.165) is 18.5 Å². The van der Waals surface area contributed by atoms with E-state index in [2.05, 4.69) is 9.88 Å². The summed E-state index contributed by atoms with van der Waals surface area (Å²) in [5.41, 5.74) is 1.52. The van der Waals surface area contributed by atoms with Crippen LogP contribution in [0, 0.1) is 0 Å². The van der Waals surface area contributed by atoms with Crippen LogP contribution >= 0.6 is 0 Å². The summed E-state index contributed by atoms with van der Waals surface area (Å²) in [7, 11) is -1.75. The van der Waals surface area contributed by atoms with E-state index < -0.39 is 10.2 Å². The third-order valence-electron chi connectivity index (χ3n) is 5.67. The van der Waals surface area contributed by atoms with E-state index in [0.29, 0.717) is 63.3 Å². The summed E-state index contributed by atoms with van der Waals surface area (Å²) in [5.74, 6) is 0. The van der Waals surface area contributed by atoms with Crippen LogP contribution in [0.1, 0.15) is 12.8 Å². The third-order valence-corrected chi connectivity index (χ3v) is 7.70. The van der Waals surface area contributed by atoms with Crippen LogP contribution in [-0.4, -0.2) is 79.6 Å². The number of nitrogens with zero attached hydrogens (tertiary/aromatic N) is 5. The molecule has 2 aliphatic heterocycles. The molecule has 0 saturated carbocycles. The van der Waals surface area contributed by atoms with Crippen molar-refractivity contribution in [1.82, 2.24) is 18.2 Å². The molecule has 2 fully saturated rings. The Morgan fingerprint density at radius 3 is 2.41 bits per heavy atom. The van der Waals surface area contributed by atoms with Crippen molar-refractivity contribution < 1.29 is 13.2 Å². The molecular weight excluding hydrogens is 394 g/mol. The molecule has 158 valence electrons. The maximum atomic E-state index is 12.7. The molecule has 1 aromatic heterocycles. The van der Waals surface area contributed by atoms with Crippen LogP contribution < -0.4 is 10.5 Å². The van der Waals surface area contributed by atoms with Gasteiger partial charge in [0, 0.05) is 52.1 Å². The van der Waals surface area contributed by atoms with Gasteiger partial charge < -0.3 is 9.64 Å². The van der Waals surface area contributed by atoms with Crippen LogP contribution in [0.3, 0.4) is 0 Å². The third kappa shape index (κ3) is 4.02. The minimum Gasteiger partial charge on any atom is -0.383 e. The van der Waals surface area contributed by atoms with Gasteiger partial charge in [0.05, 0.1) is 30.4 Å². The Bertz CT molecular complexity index is 1020. The SMILES string of the molecule is COCCn1cnc2cc(N3CCN(S(=O)(=O)N4CCCC4)CC3)ccc2c1=O. The lowest BCUT2D eigenvalue weighted by molar-refractivity contribution is 0.186. The van der Waals surface area contributed by atoms with Crippen molar-refractivity contribution >= 4 is 26.8 Å². The van der Waals surface area contributed by atoms with Gasteiger partial charge in [0.2, 0.25) is 0 Å². The van der Waals surface area contributed by atoms with E-state index in [-0.39, 0.29) is 5.56 Å². The summed E-state index contributed by atoms with van der Waals surface area (Å²) in [6.45, 7) is 4.32. The minimum absolute atomic E-state index is 0.0832. The second-order valence-corrected chi connectivity index (χ2v) is 9.37. The quantitative estimate of drug-likeness (QED) is 0.675. The van der Waals surface area contributed by atoms with Gasteiger partial charge in [0.25, 0.3) is 15.8 Å². The molecule has 3 heterocycles. The molecule has 0 N–H and O–H groups in total. The van der Waals surface area contributed by atoms with Gasteiger partial charge in [-0.3, -0.25) is 9.36 Å². The molecule has 0 spiro atoms. The van der Waals surface area contributed by atoms with Crippen molar-refractivity contribution in [2.24, 2.45) is 0 Å². The van der Waals surface area contributed by atoms with Crippen LogP contribution in [0.25, 0.3) is 10.9 Å². The second-order valence-electron chi connectivity index (χ2n) is 7.44. The number of anilines is 1. The summed E-state index contributed by atoms with van der Waals surface area (Å²) in [4.78, 5) is 19.1. The van der Waals surface area contributed by atoms with Gasteiger partial charge in [-0.15, -0.1) is 0 Å². The highest BCUT2D eigenvalue weighted by Gasteiger charge is 2.33. The summed E-state index contributed by atoms with van der Waals surface area (Å²) in [6.07, 6.45) is 3.43. The molecule has 29 heavy (non-hydrogen) atoms. The lowest BCUT2D eigenvalue weighted by Gasteiger charge is -2.37. The number of fused-ring (bicyclic) bond motifs is 1. The molecule has 1 aromatic carbocycles. The van der Waals surface area contributed by atoms with Crippen LogP contribution in [0.4, 0.5) is 5.69 Å². The van der Waals surface area contributed by atoms with Gasteiger partial charge in [-0.25, -0.2) is 4.98 Å². The van der Waals surface area contributed by atoms with Crippen molar-refractivity contribution in [3.63, 3.8) is 0 Å². The molecular formula is C19H27N5O4S. The second kappa shape index (κ2) is 8.39. The highest BCUT2D eigenvalue weighted by Crippen LogP contribution is 2.23. The number of piperazine rings is 1. The summed E-state index contributed by atoms with van der Waals surface area (Å²) in [6, 6.07) is 5.62. The first-order chi connectivity index (χ1) is 14.0. The molecule has 0 bridgehead atoms. The van der Waals surface area contributed by atoms with Crippen molar-refractivity contribution in [3.05, 3.63) is 34.9 Å². The summed E-state index contributed by atoms with van der Waals surface area (Å²) >= 11 is 0. The molecule has 2 saturated heterocycles. The first-order valence-corrected chi connectivity index (χ1v) is 11.4. The fraction of sp³-hybridized carbons (Fsp3) is 0.579. The van der Waals surface area contributed by atoms with Gasteiger partial charge in [-0.1, -0.05) is 0 Å². The van der Waals surface area contributed by atoms with E-state index in [1.807, 2.05) is 12.1 Å². The summed E-state index contributed by atoms with van der Waals surface area (Å²) < 4.78 is 35.2. The fourth-order valence-corrected chi connectivity index (χ4v) is 5.62. The van der Waals surface area contributed by atoms with Gasteiger partial charge in [-0.2, -0.15) is 17.0 Å². The molecule has 4 rings (SSSR count). The molecule has 0 aliphatic carbocycles. The predicted octanol–water partition coefficient (Wildman–Crippen LogP) is 0.506. The van der Waals surface area contributed by atoms with Crippen LogP contribution in [0.15, 0.2) is 29.3 Å². The number of ether oxygens (including phenoxy) is 1. The number of benzene rings is 1. The monoisotopic (exact) mass is 421 g/mol. The Morgan fingerprint density at radius 1 is 1.03 bits per heavy atom. The maximum absolute atomic E-state index is 12.7. The lowest BCUT2D eigenvalue weighted by atomic mass is 10.2. The van der Waals surface area contributed by atoms with Crippen molar-refractivity contribution in [1.29, 1.82) is 0 Å². The Morgan fingerprint density at radius 2 is 1.72 bits per heavy atom. The van der Waals surface area contributed by atoms with E-state index in [4.69, 9.17) is 4.74 Å². The predicted molar refractivity (Wildman–Crippen MR) is 111 cm³/mol. The minimum atomic E-state index is -3.35. The number of methoxy groups -OCH3 is 1. The largest absolute Gasteiger partial charge is 0.383 e. The molecule has 2 aromatic rings. The standard InChI is InChI=1S/C19H27N5O4S/c1-28-13-12-22-15-20-18-14-16(4-5-17(18)19(22)25)21-8-10-24(11-9-21)29(26,27)23-6-2-3-7-23/h4-5,14-15H,2-3,6-13H2,1H3. The zero-order chi connectivity index (χ0) is 20.4. The highest BCUT2D eigenvalue weighted by atomic mass is 32.2. The molecule has 9 nitrogen and oxygen atoms in total. The van der Waals surface area contributed by atoms with E-state index in [1.165, 1.54) is 0 Å². The molecule has 0 amide bonds. The Labute approximate surface area is 170 Å². The number of hydrogen-bond acceptors (Lipinski definition) is 6. The van der Waals surface area contributed by atoms with Crippen LogP contribution in [-0.2, 0) is 21.5 Å². The molecule has 0 radical (unpaired) electrons. The van der Waals surface area contributed by atoms with Gasteiger partial charge in [0.1, 0.15) is 0 Å². The molecule has 10 heteroatoms. The van der Waals surface area contributed by atoms with Crippen LogP contribution in [0.2, 0.25) is 0 Å². The molecule has 0 unspecified atom stereocenters. The maximum Gasteiger partial charge on any atom is 0.282 e. The number of rotatable bonds is 6. The topological polar surface area (TPSA) is 88.0 Å². The van der Waals surface area contributed by atoms with Crippen molar-refractivity contribution in [2.75, 3.05) is 57.9 Å². The molecule has 2 aliphatic rings. The Balaban J connectivity index is 1.47. The van der Waals surface area contributed by atoms with Gasteiger partial charge in [-0.05, 0) is 31.0 Å². The first-order valence-electron chi connectivity index (χ1n) is 9.99. The van der Waals surface area contributed by atoms with Crippen molar-refractivity contribution in [3.8, 4) is 0 Å². The normalized spacial score (nSPS) is 19.3. The lowest BCUT2D eigenvalue weighted by Crippen LogP contribution is -2.52. The zero-order valence-electron chi connectivity index (χ0n) is 16.7. The average molecular weight is 422 g/mol. The van der Waals surface area contributed by atoms with E-state index in [9.17, 15) is 13.2 Å². The summed E-state index contributed by atoms with van der Waals surface area (Å²) in [5, 5.41) is 0.572. The Kier molecular flexibility index (Phi) is 5.86. The fourth-order valence-electron chi connectivity index (χ4n) is 3.95. The Hall–Kier alpha value is -2.01.